The molecule has 3 unspecified atom stereocenters. The van der Waals surface area contributed by atoms with Gasteiger partial charge in [-0.15, -0.1) is 0 Å². The highest BCUT2D eigenvalue weighted by atomic mass is 16.5. The Kier molecular flexibility index (Phi) is 3.52. The van der Waals surface area contributed by atoms with Crippen LogP contribution in [0.5, 0.6) is 5.75 Å². The zero-order valence-electron chi connectivity index (χ0n) is 10.7. The highest BCUT2D eigenvalue weighted by molar-refractivity contribution is 5.37. The third-order valence-electron chi connectivity index (χ3n) is 3.90. The van der Waals surface area contributed by atoms with Gasteiger partial charge >= 0.3 is 0 Å². The molecule has 1 aliphatic carbocycles. The molecule has 1 aromatic rings. The van der Waals surface area contributed by atoms with Gasteiger partial charge in [0.25, 0.3) is 0 Å². The van der Waals surface area contributed by atoms with Crippen LogP contribution in [-0.4, -0.2) is 24.9 Å². The highest BCUT2D eigenvalue weighted by Crippen LogP contribution is 2.29. The van der Waals surface area contributed by atoms with Crippen LogP contribution in [0.2, 0.25) is 0 Å². The van der Waals surface area contributed by atoms with Gasteiger partial charge in [0, 0.05) is 12.5 Å². The average molecular weight is 247 g/mol. The number of hydrogen-bond acceptors (Lipinski definition) is 3. The van der Waals surface area contributed by atoms with Crippen LogP contribution in [0, 0.1) is 0 Å². The Labute approximate surface area is 108 Å². The molecule has 1 heterocycles. The molecule has 3 nitrogen and oxygen atoms in total. The lowest BCUT2D eigenvalue weighted by molar-refractivity contribution is -0.0134. The van der Waals surface area contributed by atoms with Crippen molar-refractivity contribution in [3.8, 4) is 5.75 Å². The summed E-state index contributed by atoms with van der Waals surface area (Å²) in [7, 11) is 0. The van der Waals surface area contributed by atoms with Gasteiger partial charge < -0.3 is 15.2 Å². The van der Waals surface area contributed by atoms with Gasteiger partial charge in [-0.3, -0.25) is 0 Å². The van der Waals surface area contributed by atoms with Crippen molar-refractivity contribution in [1.82, 2.24) is 0 Å². The first-order chi connectivity index (χ1) is 8.81. The number of nitrogens with two attached hydrogens (primary N) is 1. The number of fused-ring (bicyclic) bond motifs is 1. The van der Waals surface area contributed by atoms with Crippen molar-refractivity contribution in [3.05, 3.63) is 29.8 Å². The normalized spacial score (nSPS) is 30.8. The van der Waals surface area contributed by atoms with Crippen LogP contribution in [0.15, 0.2) is 24.3 Å². The van der Waals surface area contributed by atoms with E-state index in [1.54, 1.807) is 0 Å². The van der Waals surface area contributed by atoms with Crippen LogP contribution < -0.4 is 10.5 Å². The minimum Gasteiger partial charge on any atom is -0.487 e. The summed E-state index contributed by atoms with van der Waals surface area (Å²) in [4.78, 5) is 0. The van der Waals surface area contributed by atoms with Crippen molar-refractivity contribution in [1.29, 1.82) is 0 Å². The topological polar surface area (TPSA) is 44.5 Å². The van der Waals surface area contributed by atoms with Crippen molar-refractivity contribution >= 4 is 0 Å². The SMILES string of the molecule is NC1CCCC(OCC2Cc3ccccc3O2)C1. The summed E-state index contributed by atoms with van der Waals surface area (Å²) in [5.41, 5.74) is 7.26. The molecule has 0 aromatic heterocycles. The summed E-state index contributed by atoms with van der Waals surface area (Å²) in [6, 6.07) is 8.57. The molecule has 2 aliphatic rings. The maximum atomic E-state index is 5.97. The Hall–Kier alpha value is -1.06. The van der Waals surface area contributed by atoms with Gasteiger partial charge in [-0.2, -0.15) is 0 Å². The average Bonchev–Trinajstić information content (AvgIpc) is 2.79. The summed E-state index contributed by atoms with van der Waals surface area (Å²) in [6.45, 7) is 0.687. The Balaban J connectivity index is 1.48. The lowest BCUT2D eigenvalue weighted by atomic mass is 9.93. The lowest BCUT2D eigenvalue weighted by Crippen LogP contribution is -2.34. The fourth-order valence-electron chi connectivity index (χ4n) is 2.92. The molecule has 2 N–H and O–H groups in total. The van der Waals surface area contributed by atoms with E-state index in [1.165, 1.54) is 12.0 Å². The van der Waals surface area contributed by atoms with E-state index >= 15 is 0 Å². The van der Waals surface area contributed by atoms with E-state index in [-0.39, 0.29) is 6.10 Å². The lowest BCUT2D eigenvalue weighted by Gasteiger charge is -2.27. The van der Waals surface area contributed by atoms with Crippen LogP contribution in [0.1, 0.15) is 31.2 Å². The summed E-state index contributed by atoms with van der Waals surface area (Å²) in [5, 5.41) is 0. The second-order valence-corrected chi connectivity index (χ2v) is 5.43. The first-order valence-electron chi connectivity index (χ1n) is 6.93. The molecular formula is C15H21NO2. The molecule has 0 amide bonds. The minimum absolute atomic E-state index is 0.181. The van der Waals surface area contributed by atoms with E-state index in [0.717, 1.165) is 31.4 Å². The molecular weight excluding hydrogens is 226 g/mol. The molecule has 98 valence electrons. The van der Waals surface area contributed by atoms with E-state index in [4.69, 9.17) is 15.2 Å². The third kappa shape index (κ3) is 2.68. The first kappa shape index (κ1) is 12.0. The second kappa shape index (κ2) is 5.29. The maximum Gasteiger partial charge on any atom is 0.126 e. The van der Waals surface area contributed by atoms with E-state index in [0.29, 0.717) is 18.8 Å². The van der Waals surface area contributed by atoms with Gasteiger partial charge in [-0.1, -0.05) is 18.2 Å². The molecule has 3 rings (SSSR count). The fourth-order valence-corrected chi connectivity index (χ4v) is 2.92. The molecule has 0 spiro atoms. The van der Waals surface area contributed by atoms with E-state index in [2.05, 4.69) is 12.1 Å². The van der Waals surface area contributed by atoms with Gasteiger partial charge in [0.05, 0.1) is 12.7 Å². The molecule has 0 radical (unpaired) electrons. The van der Waals surface area contributed by atoms with Crippen molar-refractivity contribution in [2.24, 2.45) is 5.73 Å². The van der Waals surface area contributed by atoms with Gasteiger partial charge in [-0.05, 0) is 37.3 Å². The monoisotopic (exact) mass is 247 g/mol. The molecule has 18 heavy (non-hydrogen) atoms. The quantitative estimate of drug-likeness (QED) is 0.891. The minimum atomic E-state index is 0.181. The van der Waals surface area contributed by atoms with E-state index in [9.17, 15) is 0 Å². The van der Waals surface area contributed by atoms with Crippen LogP contribution in [0.3, 0.4) is 0 Å². The zero-order valence-corrected chi connectivity index (χ0v) is 10.7. The molecule has 1 saturated carbocycles. The van der Waals surface area contributed by atoms with Gasteiger partial charge in [0.15, 0.2) is 0 Å². The largest absolute Gasteiger partial charge is 0.487 e. The van der Waals surface area contributed by atoms with Crippen molar-refractivity contribution in [2.45, 2.75) is 50.4 Å². The van der Waals surface area contributed by atoms with Crippen LogP contribution in [0.25, 0.3) is 0 Å². The molecule has 0 bridgehead atoms. The number of para-hydroxylation sites is 1. The molecule has 1 aromatic carbocycles. The molecule has 3 atom stereocenters. The Morgan fingerprint density at radius 2 is 2.17 bits per heavy atom. The predicted molar refractivity (Wildman–Crippen MR) is 70.7 cm³/mol. The Bertz CT molecular complexity index is 382. The summed E-state index contributed by atoms with van der Waals surface area (Å²) < 4.78 is 11.8. The van der Waals surface area contributed by atoms with E-state index in [1.807, 2.05) is 12.1 Å². The number of benzene rings is 1. The van der Waals surface area contributed by atoms with Crippen LogP contribution in [-0.2, 0) is 11.2 Å². The van der Waals surface area contributed by atoms with Gasteiger partial charge in [-0.25, -0.2) is 0 Å². The summed E-state index contributed by atoms with van der Waals surface area (Å²) in [5.74, 6) is 1.02. The Morgan fingerprint density at radius 1 is 1.28 bits per heavy atom. The number of ether oxygens (including phenoxy) is 2. The zero-order chi connectivity index (χ0) is 12.4. The van der Waals surface area contributed by atoms with Crippen molar-refractivity contribution < 1.29 is 9.47 Å². The van der Waals surface area contributed by atoms with Crippen LogP contribution >= 0.6 is 0 Å². The van der Waals surface area contributed by atoms with Gasteiger partial charge in [0.2, 0.25) is 0 Å². The number of hydrogen-bond donors (Lipinski definition) is 1. The smallest absolute Gasteiger partial charge is 0.126 e. The highest BCUT2D eigenvalue weighted by Gasteiger charge is 2.25. The predicted octanol–water partition coefficient (Wildman–Crippen LogP) is 2.28. The molecule has 0 saturated heterocycles. The summed E-state index contributed by atoms with van der Waals surface area (Å²) in [6.07, 6.45) is 5.96. The van der Waals surface area contributed by atoms with E-state index < -0.39 is 0 Å². The van der Waals surface area contributed by atoms with Crippen molar-refractivity contribution in [2.75, 3.05) is 6.61 Å². The molecule has 3 heteroatoms. The maximum absolute atomic E-state index is 5.97. The fraction of sp³-hybridized carbons (Fsp3) is 0.600. The van der Waals surface area contributed by atoms with Crippen LogP contribution in [0.4, 0.5) is 0 Å². The standard InChI is InChI=1S/C15H21NO2/c16-12-5-3-6-13(9-12)17-10-14-8-11-4-1-2-7-15(11)18-14/h1-2,4,7,12-14H,3,5-6,8-10,16H2. The Morgan fingerprint density at radius 3 is 3.00 bits per heavy atom. The second-order valence-electron chi connectivity index (χ2n) is 5.43. The molecule has 1 fully saturated rings. The summed E-state index contributed by atoms with van der Waals surface area (Å²) >= 11 is 0. The van der Waals surface area contributed by atoms with Crippen molar-refractivity contribution in [3.63, 3.8) is 0 Å². The third-order valence-corrected chi connectivity index (χ3v) is 3.90. The first-order valence-corrected chi connectivity index (χ1v) is 6.93. The number of rotatable bonds is 3. The molecule has 1 aliphatic heterocycles. The van der Waals surface area contributed by atoms with Gasteiger partial charge in [0.1, 0.15) is 11.9 Å².